The SMILES string of the molecule is Cc1ccc(-n2c(O)c(C=Nc3cccc(Br)c3)c(=O)[nH]c2=O)cc1C. The largest absolute Gasteiger partial charge is 0.493 e. The molecule has 1 heterocycles. The van der Waals surface area contributed by atoms with Gasteiger partial charge in [-0.3, -0.25) is 14.8 Å². The van der Waals surface area contributed by atoms with Crippen LogP contribution in [-0.4, -0.2) is 20.9 Å². The van der Waals surface area contributed by atoms with Gasteiger partial charge in [0.25, 0.3) is 5.56 Å². The number of aromatic amines is 1. The van der Waals surface area contributed by atoms with Crippen molar-refractivity contribution in [1.29, 1.82) is 0 Å². The van der Waals surface area contributed by atoms with Crippen LogP contribution in [0.3, 0.4) is 0 Å². The Morgan fingerprint density at radius 3 is 2.58 bits per heavy atom. The minimum Gasteiger partial charge on any atom is -0.493 e. The summed E-state index contributed by atoms with van der Waals surface area (Å²) < 4.78 is 1.89. The van der Waals surface area contributed by atoms with Crippen LogP contribution in [0.5, 0.6) is 5.88 Å². The number of hydrogen-bond acceptors (Lipinski definition) is 4. The zero-order valence-corrected chi connectivity index (χ0v) is 15.7. The van der Waals surface area contributed by atoms with Crippen LogP contribution in [-0.2, 0) is 0 Å². The summed E-state index contributed by atoms with van der Waals surface area (Å²) in [7, 11) is 0. The van der Waals surface area contributed by atoms with Crippen molar-refractivity contribution in [3.63, 3.8) is 0 Å². The van der Waals surface area contributed by atoms with Crippen LogP contribution in [0.4, 0.5) is 5.69 Å². The second-order valence-corrected chi connectivity index (χ2v) is 6.75. The van der Waals surface area contributed by atoms with Crippen molar-refractivity contribution >= 4 is 27.8 Å². The average molecular weight is 414 g/mol. The van der Waals surface area contributed by atoms with E-state index >= 15 is 0 Å². The molecule has 3 rings (SSSR count). The second-order valence-electron chi connectivity index (χ2n) is 5.84. The number of halogens is 1. The topological polar surface area (TPSA) is 87.4 Å². The molecule has 2 aromatic carbocycles. The number of nitrogens with one attached hydrogen (secondary N) is 1. The highest BCUT2D eigenvalue weighted by Gasteiger charge is 2.14. The zero-order valence-electron chi connectivity index (χ0n) is 14.2. The molecule has 0 spiro atoms. The molecule has 7 heteroatoms. The van der Waals surface area contributed by atoms with E-state index in [-0.39, 0.29) is 5.56 Å². The highest BCUT2D eigenvalue weighted by atomic mass is 79.9. The third-order valence-corrected chi connectivity index (χ3v) is 4.51. The molecule has 132 valence electrons. The molecule has 0 saturated carbocycles. The summed E-state index contributed by atoms with van der Waals surface area (Å²) in [5, 5.41) is 10.5. The molecule has 0 bridgehead atoms. The minimum atomic E-state index is -0.713. The molecule has 0 unspecified atom stereocenters. The van der Waals surface area contributed by atoms with E-state index in [1.165, 1.54) is 6.21 Å². The normalized spacial score (nSPS) is 11.2. The molecule has 0 fully saturated rings. The smallest absolute Gasteiger partial charge is 0.335 e. The number of aromatic hydroxyl groups is 1. The van der Waals surface area contributed by atoms with Crippen molar-refractivity contribution in [3.8, 4) is 11.6 Å². The maximum Gasteiger partial charge on any atom is 0.335 e. The lowest BCUT2D eigenvalue weighted by atomic mass is 10.1. The van der Waals surface area contributed by atoms with Gasteiger partial charge in [0.2, 0.25) is 5.88 Å². The van der Waals surface area contributed by atoms with Gasteiger partial charge in [-0.2, -0.15) is 0 Å². The Bertz CT molecular complexity index is 1130. The summed E-state index contributed by atoms with van der Waals surface area (Å²) in [4.78, 5) is 30.8. The number of rotatable bonds is 3. The van der Waals surface area contributed by atoms with E-state index in [0.29, 0.717) is 11.4 Å². The predicted octanol–water partition coefficient (Wildman–Crippen LogP) is 3.36. The maximum atomic E-state index is 12.2. The van der Waals surface area contributed by atoms with E-state index in [1.807, 2.05) is 26.0 Å². The fraction of sp³-hybridized carbons (Fsp3) is 0.105. The summed E-state index contributed by atoms with van der Waals surface area (Å²) in [6.45, 7) is 3.85. The van der Waals surface area contributed by atoms with Crippen LogP contribution >= 0.6 is 15.9 Å². The standard InChI is InChI=1S/C19H16BrN3O3/c1-11-6-7-15(8-12(11)2)23-18(25)16(17(24)22-19(23)26)10-21-14-5-3-4-13(20)9-14/h3-10,25H,1-2H3,(H,22,24,26). The monoisotopic (exact) mass is 413 g/mol. The summed E-state index contributed by atoms with van der Waals surface area (Å²) in [5.74, 6) is -0.458. The average Bonchev–Trinajstić information content (AvgIpc) is 2.57. The first kappa shape index (κ1) is 17.9. The van der Waals surface area contributed by atoms with Crippen molar-refractivity contribution in [2.24, 2.45) is 4.99 Å². The first-order valence-corrected chi connectivity index (χ1v) is 8.61. The lowest BCUT2D eigenvalue weighted by Crippen LogP contribution is -2.31. The van der Waals surface area contributed by atoms with Crippen molar-refractivity contribution in [2.75, 3.05) is 0 Å². The summed E-state index contributed by atoms with van der Waals surface area (Å²) in [5.41, 5.74) is 1.57. The van der Waals surface area contributed by atoms with Crippen LogP contribution in [0.15, 0.2) is 61.5 Å². The molecule has 2 N–H and O–H groups in total. The van der Waals surface area contributed by atoms with Crippen LogP contribution in [0.25, 0.3) is 5.69 Å². The Morgan fingerprint density at radius 1 is 1.12 bits per heavy atom. The Hall–Kier alpha value is -2.93. The third-order valence-electron chi connectivity index (χ3n) is 4.02. The van der Waals surface area contributed by atoms with E-state index in [0.717, 1.165) is 20.2 Å². The van der Waals surface area contributed by atoms with Gasteiger partial charge in [-0.25, -0.2) is 9.36 Å². The van der Waals surface area contributed by atoms with E-state index in [4.69, 9.17) is 0 Å². The van der Waals surface area contributed by atoms with Gasteiger partial charge in [0.1, 0.15) is 5.56 Å². The Kier molecular flexibility index (Phi) is 4.90. The minimum absolute atomic E-state index is 0.0946. The number of aromatic nitrogens is 2. The van der Waals surface area contributed by atoms with Gasteiger partial charge < -0.3 is 5.11 Å². The van der Waals surface area contributed by atoms with E-state index in [1.54, 1.807) is 30.3 Å². The van der Waals surface area contributed by atoms with Crippen molar-refractivity contribution in [3.05, 3.63) is 84.5 Å². The zero-order chi connectivity index (χ0) is 18.8. The van der Waals surface area contributed by atoms with Crippen LogP contribution in [0.1, 0.15) is 16.7 Å². The fourth-order valence-electron chi connectivity index (χ4n) is 2.45. The van der Waals surface area contributed by atoms with Gasteiger partial charge in [-0.05, 0) is 55.3 Å². The Labute approximate surface area is 157 Å². The van der Waals surface area contributed by atoms with Crippen molar-refractivity contribution in [1.82, 2.24) is 9.55 Å². The van der Waals surface area contributed by atoms with Gasteiger partial charge in [0, 0.05) is 10.7 Å². The molecule has 6 nitrogen and oxygen atoms in total. The second kappa shape index (κ2) is 7.13. The molecule has 1 aromatic heterocycles. The summed E-state index contributed by atoms with van der Waals surface area (Å²) in [6.07, 6.45) is 1.24. The molecule has 0 radical (unpaired) electrons. The summed E-state index contributed by atoms with van der Waals surface area (Å²) in [6, 6.07) is 12.5. The van der Waals surface area contributed by atoms with E-state index < -0.39 is 17.1 Å². The molecule has 3 aromatic rings. The molecule has 0 amide bonds. The molecule has 0 aliphatic carbocycles. The highest BCUT2D eigenvalue weighted by molar-refractivity contribution is 9.10. The molecular weight excluding hydrogens is 398 g/mol. The third kappa shape index (κ3) is 3.52. The van der Waals surface area contributed by atoms with Crippen molar-refractivity contribution in [2.45, 2.75) is 13.8 Å². The molecule has 0 atom stereocenters. The number of nitrogens with zero attached hydrogens (tertiary/aromatic N) is 2. The van der Waals surface area contributed by atoms with Gasteiger partial charge in [-0.1, -0.05) is 28.1 Å². The van der Waals surface area contributed by atoms with E-state index in [2.05, 4.69) is 25.9 Å². The molecular formula is C19H16BrN3O3. The van der Waals surface area contributed by atoms with Crippen LogP contribution in [0.2, 0.25) is 0 Å². The van der Waals surface area contributed by atoms with Gasteiger partial charge in [0.15, 0.2) is 0 Å². The number of aliphatic imine (C=N–C) groups is 1. The van der Waals surface area contributed by atoms with Crippen molar-refractivity contribution < 1.29 is 5.11 Å². The lowest BCUT2D eigenvalue weighted by Gasteiger charge is -2.11. The number of benzene rings is 2. The fourth-order valence-corrected chi connectivity index (χ4v) is 2.84. The lowest BCUT2D eigenvalue weighted by molar-refractivity contribution is 0.430. The molecule has 0 saturated heterocycles. The van der Waals surface area contributed by atoms with Gasteiger partial charge in [0.05, 0.1) is 11.4 Å². The molecule has 0 aliphatic rings. The number of hydrogen-bond donors (Lipinski definition) is 2. The first-order valence-electron chi connectivity index (χ1n) is 7.82. The first-order chi connectivity index (χ1) is 12.4. The number of aryl methyl sites for hydroxylation is 2. The number of H-pyrrole nitrogens is 1. The predicted molar refractivity (Wildman–Crippen MR) is 105 cm³/mol. The highest BCUT2D eigenvalue weighted by Crippen LogP contribution is 2.20. The summed E-state index contributed by atoms with van der Waals surface area (Å²) >= 11 is 3.34. The van der Waals surface area contributed by atoms with Gasteiger partial charge in [-0.15, -0.1) is 0 Å². The Morgan fingerprint density at radius 2 is 1.88 bits per heavy atom. The van der Waals surface area contributed by atoms with Crippen LogP contribution < -0.4 is 11.2 Å². The molecule has 26 heavy (non-hydrogen) atoms. The van der Waals surface area contributed by atoms with Gasteiger partial charge >= 0.3 is 5.69 Å². The van der Waals surface area contributed by atoms with Crippen LogP contribution in [0, 0.1) is 13.8 Å². The molecule has 0 aliphatic heterocycles. The van der Waals surface area contributed by atoms with E-state index in [9.17, 15) is 14.7 Å². The Balaban J connectivity index is 2.14. The maximum absolute atomic E-state index is 12.2. The quantitative estimate of drug-likeness (QED) is 0.645.